The van der Waals surface area contributed by atoms with E-state index in [0.29, 0.717) is 0 Å². The van der Waals surface area contributed by atoms with Gasteiger partial charge < -0.3 is 5.11 Å². The highest BCUT2D eigenvalue weighted by atomic mass is 35.5. The van der Waals surface area contributed by atoms with Gasteiger partial charge >= 0.3 is 5.97 Å². The Hall–Kier alpha value is -0.930. The summed E-state index contributed by atoms with van der Waals surface area (Å²) in [5, 5.41) is 9.12. The predicted octanol–water partition coefficient (Wildman–Crippen LogP) is 3.71. The predicted molar refractivity (Wildman–Crippen MR) is 63.9 cm³/mol. The Morgan fingerprint density at radius 1 is 1.60 bits per heavy atom. The SMILES string of the molecule is C=C(C)CSc1ccc(Cl)c(C(=O)O)c1. The third kappa shape index (κ3) is 3.61. The van der Waals surface area contributed by atoms with Gasteiger partial charge in [0.1, 0.15) is 0 Å². The van der Waals surface area contributed by atoms with Gasteiger partial charge in [-0.2, -0.15) is 0 Å². The molecule has 0 bridgehead atoms. The van der Waals surface area contributed by atoms with Crippen molar-refractivity contribution in [3.05, 3.63) is 40.9 Å². The summed E-state index contributed by atoms with van der Waals surface area (Å²) in [5.74, 6) is -0.224. The number of aromatic carboxylic acids is 1. The van der Waals surface area contributed by atoms with Crippen LogP contribution in [0.25, 0.3) is 0 Å². The van der Waals surface area contributed by atoms with Gasteiger partial charge in [0.05, 0.1) is 10.6 Å². The first-order valence-corrected chi connectivity index (χ1v) is 5.67. The van der Waals surface area contributed by atoms with Gasteiger partial charge in [-0.3, -0.25) is 0 Å². The first-order valence-electron chi connectivity index (χ1n) is 4.30. The molecule has 1 aromatic carbocycles. The maximum atomic E-state index is 10.8. The summed E-state index contributed by atoms with van der Waals surface area (Å²) in [4.78, 5) is 11.7. The van der Waals surface area contributed by atoms with Crippen molar-refractivity contribution in [2.45, 2.75) is 11.8 Å². The first-order chi connectivity index (χ1) is 7.00. The minimum Gasteiger partial charge on any atom is -0.478 e. The molecule has 0 unspecified atom stereocenters. The normalized spacial score (nSPS) is 10.0. The molecule has 0 radical (unpaired) electrons. The van der Waals surface area contributed by atoms with Crippen LogP contribution in [0.4, 0.5) is 0 Å². The van der Waals surface area contributed by atoms with Crippen molar-refractivity contribution in [3.8, 4) is 0 Å². The second kappa shape index (κ2) is 5.24. The zero-order valence-electron chi connectivity index (χ0n) is 8.29. The van der Waals surface area contributed by atoms with Gasteiger partial charge in [-0.1, -0.05) is 23.8 Å². The van der Waals surface area contributed by atoms with E-state index < -0.39 is 5.97 Å². The molecule has 0 aromatic heterocycles. The molecule has 1 N–H and O–H groups in total. The lowest BCUT2D eigenvalue weighted by atomic mass is 10.2. The van der Waals surface area contributed by atoms with E-state index in [4.69, 9.17) is 16.7 Å². The maximum Gasteiger partial charge on any atom is 0.337 e. The Balaban J connectivity index is 2.87. The highest BCUT2D eigenvalue weighted by molar-refractivity contribution is 7.99. The number of hydrogen-bond acceptors (Lipinski definition) is 2. The lowest BCUT2D eigenvalue weighted by Crippen LogP contribution is -1.97. The van der Waals surface area contributed by atoms with Crippen molar-refractivity contribution in [1.29, 1.82) is 0 Å². The standard InChI is InChI=1S/C11H11ClO2S/c1-7(2)6-15-8-3-4-10(12)9(5-8)11(13)14/h3-5H,1,6H2,2H3,(H,13,14). The van der Waals surface area contributed by atoms with E-state index in [-0.39, 0.29) is 10.6 Å². The van der Waals surface area contributed by atoms with Crippen molar-refractivity contribution in [2.24, 2.45) is 0 Å². The Kier molecular flexibility index (Phi) is 4.24. The fourth-order valence-corrected chi connectivity index (χ4v) is 1.94. The van der Waals surface area contributed by atoms with Crippen molar-refractivity contribution >= 4 is 29.3 Å². The zero-order valence-corrected chi connectivity index (χ0v) is 9.86. The third-order valence-corrected chi connectivity index (χ3v) is 3.21. The van der Waals surface area contributed by atoms with Crippen LogP contribution in [0.5, 0.6) is 0 Å². The molecule has 0 aliphatic rings. The number of halogens is 1. The van der Waals surface area contributed by atoms with Crippen LogP contribution in [0.2, 0.25) is 5.02 Å². The van der Waals surface area contributed by atoms with Crippen LogP contribution in [0.15, 0.2) is 35.2 Å². The van der Waals surface area contributed by atoms with Crippen LogP contribution < -0.4 is 0 Å². The van der Waals surface area contributed by atoms with Crippen LogP contribution in [0.1, 0.15) is 17.3 Å². The molecule has 0 aliphatic carbocycles. The molecule has 4 heteroatoms. The van der Waals surface area contributed by atoms with Crippen molar-refractivity contribution < 1.29 is 9.90 Å². The first kappa shape index (κ1) is 12.1. The molecular formula is C11H11ClO2S. The third-order valence-electron chi connectivity index (χ3n) is 1.65. The molecule has 1 aromatic rings. The van der Waals surface area contributed by atoms with Gasteiger partial charge in [0.2, 0.25) is 0 Å². The van der Waals surface area contributed by atoms with E-state index in [0.717, 1.165) is 16.2 Å². The Labute approximate surface area is 97.9 Å². The van der Waals surface area contributed by atoms with E-state index in [9.17, 15) is 4.79 Å². The summed E-state index contributed by atoms with van der Waals surface area (Å²) >= 11 is 7.29. The molecule has 0 saturated heterocycles. The van der Waals surface area contributed by atoms with Gasteiger partial charge in [-0.15, -0.1) is 11.8 Å². The summed E-state index contributed by atoms with van der Waals surface area (Å²) in [6.07, 6.45) is 0. The smallest absolute Gasteiger partial charge is 0.337 e. The van der Waals surface area contributed by atoms with Crippen LogP contribution in [-0.4, -0.2) is 16.8 Å². The second-order valence-corrected chi connectivity index (χ2v) is 4.65. The molecule has 0 heterocycles. The fourth-order valence-electron chi connectivity index (χ4n) is 0.965. The lowest BCUT2D eigenvalue weighted by Gasteiger charge is -2.04. The van der Waals surface area contributed by atoms with E-state index in [1.165, 1.54) is 0 Å². The Morgan fingerprint density at radius 2 is 2.27 bits per heavy atom. The van der Waals surface area contributed by atoms with Crippen LogP contribution in [0, 0.1) is 0 Å². The van der Waals surface area contributed by atoms with Crippen molar-refractivity contribution in [2.75, 3.05) is 5.75 Å². The van der Waals surface area contributed by atoms with E-state index >= 15 is 0 Å². The number of benzene rings is 1. The molecule has 0 amide bonds. The molecule has 80 valence electrons. The monoisotopic (exact) mass is 242 g/mol. The van der Waals surface area contributed by atoms with Gasteiger partial charge in [0, 0.05) is 10.6 Å². The minimum absolute atomic E-state index is 0.142. The van der Waals surface area contributed by atoms with E-state index in [1.807, 2.05) is 13.0 Å². The summed E-state index contributed by atoms with van der Waals surface area (Å²) in [6.45, 7) is 5.71. The maximum absolute atomic E-state index is 10.8. The quantitative estimate of drug-likeness (QED) is 0.646. The molecular weight excluding hydrogens is 232 g/mol. The summed E-state index contributed by atoms with van der Waals surface area (Å²) in [6, 6.07) is 4.99. The van der Waals surface area contributed by atoms with Gasteiger partial charge in [0.25, 0.3) is 0 Å². The molecule has 1 rings (SSSR count). The van der Waals surface area contributed by atoms with Gasteiger partial charge in [-0.25, -0.2) is 4.79 Å². The molecule has 0 atom stereocenters. The van der Waals surface area contributed by atoms with Crippen LogP contribution in [-0.2, 0) is 0 Å². The van der Waals surface area contributed by atoms with Crippen LogP contribution >= 0.6 is 23.4 Å². The molecule has 0 saturated carbocycles. The molecule has 0 spiro atoms. The molecule has 15 heavy (non-hydrogen) atoms. The topological polar surface area (TPSA) is 37.3 Å². The molecule has 0 aliphatic heterocycles. The summed E-state index contributed by atoms with van der Waals surface area (Å²) in [7, 11) is 0. The Bertz CT molecular complexity index is 402. The van der Waals surface area contributed by atoms with Crippen molar-refractivity contribution in [1.82, 2.24) is 0 Å². The average molecular weight is 243 g/mol. The summed E-state index contributed by atoms with van der Waals surface area (Å²) < 4.78 is 0. The molecule has 0 fully saturated rings. The Morgan fingerprint density at radius 3 is 2.80 bits per heavy atom. The van der Waals surface area contributed by atoms with E-state index in [2.05, 4.69) is 6.58 Å². The highest BCUT2D eigenvalue weighted by Crippen LogP contribution is 2.25. The molecule has 2 nitrogen and oxygen atoms in total. The number of carboxylic acids is 1. The average Bonchev–Trinajstić information content (AvgIpc) is 2.16. The fraction of sp³-hybridized carbons (Fsp3) is 0.182. The largest absolute Gasteiger partial charge is 0.478 e. The van der Waals surface area contributed by atoms with E-state index in [1.54, 1.807) is 23.9 Å². The van der Waals surface area contributed by atoms with Gasteiger partial charge in [0.15, 0.2) is 0 Å². The summed E-state index contributed by atoms with van der Waals surface area (Å²) in [5.41, 5.74) is 1.19. The minimum atomic E-state index is -1.00. The number of rotatable bonds is 4. The second-order valence-electron chi connectivity index (χ2n) is 3.19. The number of carbonyl (C=O) groups is 1. The lowest BCUT2D eigenvalue weighted by molar-refractivity contribution is 0.0697. The van der Waals surface area contributed by atoms with Crippen molar-refractivity contribution in [3.63, 3.8) is 0 Å². The number of hydrogen-bond donors (Lipinski definition) is 1. The highest BCUT2D eigenvalue weighted by Gasteiger charge is 2.09. The number of thioether (sulfide) groups is 1. The van der Waals surface area contributed by atoms with Gasteiger partial charge in [-0.05, 0) is 25.1 Å². The zero-order chi connectivity index (χ0) is 11.4. The number of carboxylic acid groups (broad SMARTS) is 1. The van der Waals surface area contributed by atoms with Crippen LogP contribution in [0.3, 0.4) is 0 Å².